The number of hydrogen-bond donors (Lipinski definition) is 1. The number of rotatable bonds is 5. The van der Waals surface area contributed by atoms with Crippen molar-refractivity contribution in [1.29, 1.82) is 0 Å². The van der Waals surface area contributed by atoms with Crippen molar-refractivity contribution in [3.8, 4) is 0 Å². The molecule has 164 valence electrons. The molecule has 0 radical (unpaired) electrons. The third kappa shape index (κ3) is 4.25. The van der Waals surface area contributed by atoms with E-state index in [9.17, 15) is 9.59 Å². The summed E-state index contributed by atoms with van der Waals surface area (Å²) in [5.41, 5.74) is 4.18. The quantitative estimate of drug-likeness (QED) is 0.384. The number of halogens is 1. The fourth-order valence-corrected chi connectivity index (χ4v) is 4.19. The lowest BCUT2D eigenvalue weighted by atomic mass is 10.0. The molecule has 0 saturated carbocycles. The van der Waals surface area contributed by atoms with Gasteiger partial charge in [-0.15, -0.1) is 0 Å². The van der Waals surface area contributed by atoms with Crippen molar-refractivity contribution in [2.75, 3.05) is 11.9 Å². The number of amides is 1. The molecule has 0 fully saturated rings. The molecule has 0 bridgehead atoms. The number of nitrogens with zero attached hydrogens (tertiary/aromatic N) is 1. The smallest absolute Gasteiger partial charge is 0.339 e. The summed E-state index contributed by atoms with van der Waals surface area (Å²) in [6.07, 6.45) is 4.94. The Kier molecular flexibility index (Phi) is 5.67. The van der Waals surface area contributed by atoms with Crippen LogP contribution in [0.15, 0.2) is 71.3 Å². The van der Waals surface area contributed by atoms with Gasteiger partial charge in [-0.2, -0.15) is 0 Å². The summed E-state index contributed by atoms with van der Waals surface area (Å²) >= 11 is 6.08. The number of ether oxygens (including phenoxy) is 1. The van der Waals surface area contributed by atoms with Gasteiger partial charge in [0.25, 0.3) is 5.91 Å². The number of aromatic nitrogens is 1. The maximum atomic E-state index is 13.2. The number of furan rings is 1. The van der Waals surface area contributed by atoms with E-state index in [1.807, 2.05) is 42.5 Å². The molecule has 0 atom stereocenters. The molecule has 1 aliphatic rings. The fraction of sp³-hybridized carbons (Fsp3) is 0.115. The van der Waals surface area contributed by atoms with E-state index in [1.54, 1.807) is 30.5 Å². The highest BCUT2D eigenvalue weighted by Gasteiger charge is 2.28. The molecule has 4 aromatic rings. The third-order valence-corrected chi connectivity index (χ3v) is 5.82. The molecular formula is C26H19ClN2O4. The molecule has 1 amide bonds. The van der Waals surface area contributed by atoms with Gasteiger partial charge in [0, 0.05) is 5.39 Å². The normalized spacial score (nSPS) is 13.8. The first-order valence-electron chi connectivity index (χ1n) is 10.5. The van der Waals surface area contributed by atoms with Crippen molar-refractivity contribution in [1.82, 2.24) is 4.98 Å². The number of nitrogens with one attached hydrogen (secondary N) is 1. The maximum absolute atomic E-state index is 13.2. The predicted octanol–water partition coefficient (Wildman–Crippen LogP) is 5.76. The lowest BCUT2D eigenvalue weighted by Crippen LogP contribution is -2.22. The molecule has 7 heteroatoms. The second kappa shape index (κ2) is 8.92. The number of allylic oxidation sites excluding steroid dienone is 1. The molecule has 2 heterocycles. The average Bonchev–Trinajstić information content (AvgIpc) is 3.48. The summed E-state index contributed by atoms with van der Waals surface area (Å²) in [5.74, 6) is -0.295. The number of esters is 1. The third-order valence-electron chi connectivity index (χ3n) is 5.49. The highest BCUT2D eigenvalue weighted by molar-refractivity contribution is 6.33. The standard InChI is InChI=1S/C26H19ClN2O4/c27-20-8-2-4-10-22(20)28-23(30)15-33-26(31)24-18-7-1-3-9-21(18)29-25-16(11-12-19(24)25)14-17-6-5-13-32-17/h1-10,13-14H,11-12,15H2,(H,28,30). The van der Waals surface area contributed by atoms with E-state index in [0.717, 1.165) is 29.0 Å². The van der Waals surface area contributed by atoms with Crippen LogP contribution in [-0.2, 0) is 16.0 Å². The van der Waals surface area contributed by atoms with E-state index in [4.69, 9.17) is 25.7 Å². The van der Waals surface area contributed by atoms with E-state index in [1.165, 1.54) is 0 Å². The molecule has 1 aliphatic carbocycles. The molecule has 6 nitrogen and oxygen atoms in total. The molecule has 0 aliphatic heterocycles. The Bertz CT molecular complexity index is 1390. The minimum absolute atomic E-state index is 0.408. The molecule has 2 aromatic carbocycles. The van der Waals surface area contributed by atoms with Crippen LogP contribution in [0.1, 0.15) is 33.8 Å². The molecule has 1 N–H and O–H groups in total. The van der Waals surface area contributed by atoms with Gasteiger partial charge in [0.05, 0.1) is 33.7 Å². The summed E-state index contributed by atoms with van der Waals surface area (Å²) in [6.45, 7) is -0.426. The number of carbonyl (C=O) groups is 2. The Hall–Kier alpha value is -3.90. The van der Waals surface area contributed by atoms with Gasteiger partial charge < -0.3 is 14.5 Å². The monoisotopic (exact) mass is 458 g/mol. The van der Waals surface area contributed by atoms with Crippen molar-refractivity contribution in [3.63, 3.8) is 0 Å². The molecule has 33 heavy (non-hydrogen) atoms. The summed E-state index contributed by atoms with van der Waals surface area (Å²) in [5, 5.41) is 3.77. The molecule has 0 unspecified atom stereocenters. The average molecular weight is 459 g/mol. The Morgan fingerprint density at radius 1 is 1.06 bits per heavy atom. The molecule has 2 aromatic heterocycles. The maximum Gasteiger partial charge on any atom is 0.339 e. The zero-order valence-corrected chi connectivity index (χ0v) is 18.3. The highest BCUT2D eigenvalue weighted by atomic mass is 35.5. The van der Waals surface area contributed by atoms with E-state index < -0.39 is 18.5 Å². The van der Waals surface area contributed by atoms with Gasteiger partial charge in [0.15, 0.2) is 6.61 Å². The van der Waals surface area contributed by atoms with E-state index in [0.29, 0.717) is 33.6 Å². The molecule has 5 rings (SSSR count). The lowest BCUT2D eigenvalue weighted by molar-refractivity contribution is -0.119. The topological polar surface area (TPSA) is 81.4 Å². The van der Waals surface area contributed by atoms with Crippen LogP contribution >= 0.6 is 11.6 Å². The van der Waals surface area contributed by atoms with Crippen LogP contribution in [0.3, 0.4) is 0 Å². The van der Waals surface area contributed by atoms with E-state index in [-0.39, 0.29) is 0 Å². The van der Waals surface area contributed by atoms with E-state index in [2.05, 4.69) is 5.32 Å². The van der Waals surface area contributed by atoms with Crippen LogP contribution < -0.4 is 5.32 Å². The van der Waals surface area contributed by atoms with Crippen molar-refractivity contribution >= 4 is 51.7 Å². The summed E-state index contributed by atoms with van der Waals surface area (Å²) in [6, 6.07) is 18.0. The van der Waals surface area contributed by atoms with Gasteiger partial charge in [-0.25, -0.2) is 9.78 Å². The van der Waals surface area contributed by atoms with Gasteiger partial charge in [-0.3, -0.25) is 4.79 Å². The number of anilines is 1. The number of para-hydroxylation sites is 2. The van der Waals surface area contributed by atoms with Gasteiger partial charge in [-0.05, 0) is 60.4 Å². The van der Waals surface area contributed by atoms with Crippen LogP contribution in [0.5, 0.6) is 0 Å². The van der Waals surface area contributed by atoms with Gasteiger partial charge in [0.2, 0.25) is 0 Å². The summed E-state index contributed by atoms with van der Waals surface area (Å²) in [4.78, 5) is 30.3. The van der Waals surface area contributed by atoms with Gasteiger partial charge in [-0.1, -0.05) is 41.9 Å². The second-order valence-corrected chi connectivity index (χ2v) is 8.03. The fourth-order valence-electron chi connectivity index (χ4n) is 4.01. The van der Waals surface area contributed by atoms with Crippen molar-refractivity contribution in [2.45, 2.75) is 12.8 Å². The number of carbonyl (C=O) groups excluding carboxylic acids is 2. The zero-order valence-electron chi connectivity index (χ0n) is 17.5. The van der Waals surface area contributed by atoms with Crippen LogP contribution in [0, 0.1) is 0 Å². The number of fused-ring (bicyclic) bond motifs is 2. The van der Waals surface area contributed by atoms with Gasteiger partial charge >= 0.3 is 5.97 Å². The second-order valence-electron chi connectivity index (χ2n) is 7.62. The number of hydrogen-bond acceptors (Lipinski definition) is 5. The first kappa shape index (κ1) is 21.0. The summed E-state index contributed by atoms with van der Waals surface area (Å²) in [7, 11) is 0. The minimum atomic E-state index is -0.557. The molecule has 0 spiro atoms. The summed E-state index contributed by atoms with van der Waals surface area (Å²) < 4.78 is 10.9. The van der Waals surface area contributed by atoms with Crippen molar-refractivity contribution < 1.29 is 18.7 Å². The van der Waals surface area contributed by atoms with Gasteiger partial charge in [0.1, 0.15) is 5.76 Å². The van der Waals surface area contributed by atoms with Crippen molar-refractivity contribution in [2.24, 2.45) is 0 Å². The Balaban J connectivity index is 1.43. The highest BCUT2D eigenvalue weighted by Crippen LogP contribution is 2.37. The largest absolute Gasteiger partial charge is 0.465 e. The van der Waals surface area contributed by atoms with Crippen LogP contribution in [0.4, 0.5) is 5.69 Å². The first-order chi connectivity index (χ1) is 16.1. The minimum Gasteiger partial charge on any atom is -0.465 e. The predicted molar refractivity (Wildman–Crippen MR) is 127 cm³/mol. The number of pyridine rings is 1. The Labute approximate surface area is 194 Å². The van der Waals surface area contributed by atoms with Crippen LogP contribution in [0.2, 0.25) is 5.02 Å². The van der Waals surface area contributed by atoms with Crippen LogP contribution in [-0.4, -0.2) is 23.5 Å². The lowest BCUT2D eigenvalue weighted by Gasteiger charge is -2.12. The molecular weight excluding hydrogens is 440 g/mol. The zero-order chi connectivity index (χ0) is 22.8. The first-order valence-corrected chi connectivity index (χ1v) is 10.9. The Morgan fingerprint density at radius 2 is 1.88 bits per heavy atom. The van der Waals surface area contributed by atoms with Crippen LogP contribution in [0.25, 0.3) is 22.6 Å². The van der Waals surface area contributed by atoms with Crippen molar-refractivity contribution in [3.05, 3.63) is 94.5 Å². The molecule has 0 saturated heterocycles. The SMILES string of the molecule is O=C(COC(=O)c1c2c(nc3ccccc13)C(=Cc1ccco1)CC2)Nc1ccccc1Cl. The number of benzene rings is 2. The Morgan fingerprint density at radius 3 is 2.70 bits per heavy atom. The van der Waals surface area contributed by atoms with E-state index >= 15 is 0 Å².